The van der Waals surface area contributed by atoms with Crippen LogP contribution in [0.25, 0.3) is 0 Å². The van der Waals surface area contributed by atoms with Crippen molar-refractivity contribution < 1.29 is 4.74 Å². The molecule has 2 aromatic rings. The van der Waals surface area contributed by atoms with Crippen LogP contribution in [0.15, 0.2) is 52.8 Å². The molecule has 0 spiro atoms. The fourth-order valence-electron chi connectivity index (χ4n) is 3.62. The topological polar surface area (TPSA) is 40.1 Å². The summed E-state index contributed by atoms with van der Waals surface area (Å²) in [6.45, 7) is 4.38. The van der Waals surface area contributed by atoms with E-state index in [1.165, 1.54) is 10.4 Å². The van der Waals surface area contributed by atoms with E-state index < -0.39 is 0 Å². The van der Waals surface area contributed by atoms with Gasteiger partial charge in [-0.1, -0.05) is 36.4 Å². The quantitative estimate of drug-likeness (QED) is 0.544. The molecule has 1 fully saturated rings. The molecule has 0 saturated carbocycles. The number of likely N-dealkylation sites (tertiary alicyclic amines) is 1. The van der Waals surface area contributed by atoms with Crippen molar-refractivity contribution in [2.75, 3.05) is 47.4 Å². The number of hydrogen-bond donors (Lipinski definition) is 1. The summed E-state index contributed by atoms with van der Waals surface area (Å²) >= 11 is 1.81. The minimum Gasteiger partial charge on any atom is -0.376 e. The standard InChI is InChI=1S/C22H32N4OS/c1-23-22(24-14-20(25(2)3)21-10-7-13-28-21)26-12-11-19(15-26)17-27-16-18-8-5-4-6-9-18/h4-10,13,19-20H,11-12,14-17H2,1-3H3,(H,23,24). The Balaban J connectivity index is 1.45. The molecule has 5 nitrogen and oxygen atoms in total. The SMILES string of the molecule is CN=C(NCC(c1cccs1)N(C)C)N1CCC(COCc2ccccc2)C1. The van der Waals surface area contributed by atoms with Crippen molar-refractivity contribution >= 4 is 17.3 Å². The second-order valence-electron chi connectivity index (χ2n) is 7.52. The molecule has 1 aromatic heterocycles. The van der Waals surface area contributed by atoms with Crippen LogP contribution in [-0.4, -0.2) is 63.1 Å². The predicted octanol–water partition coefficient (Wildman–Crippen LogP) is 3.46. The highest BCUT2D eigenvalue weighted by Crippen LogP contribution is 2.23. The van der Waals surface area contributed by atoms with Gasteiger partial charge in [0.15, 0.2) is 5.96 Å². The lowest BCUT2D eigenvalue weighted by Gasteiger charge is -2.27. The average Bonchev–Trinajstić information content (AvgIpc) is 3.38. The normalized spacial score (nSPS) is 18.6. The Labute approximate surface area is 173 Å². The van der Waals surface area contributed by atoms with Crippen LogP contribution in [0.3, 0.4) is 0 Å². The number of ether oxygens (including phenoxy) is 1. The Kier molecular flexibility index (Phi) is 7.89. The third-order valence-corrected chi connectivity index (χ3v) is 6.18. The van der Waals surface area contributed by atoms with E-state index >= 15 is 0 Å². The molecule has 1 saturated heterocycles. The van der Waals surface area contributed by atoms with Crippen LogP contribution in [0.4, 0.5) is 0 Å². The van der Waals surface area contributed by atoms with Gasteiger partial charge in [-0.3, -0.25) is 4.99 Å². The number of likely N-dealkylation sites (N-methyl/N-ethyl adjacent to an activating group) is 1. The second-order valence-corrected chi connectivity index (χ2v) is 8.50. The third kappa shape index (κ3) is 5.80. The maximum atomic E-state index is 5.95. The number of guanidine groups is 1. The molecule has 1 aromatic carbocycles. The molecule has 0 bridgehead atoms. The molecule has 152 valence electrons. The second kappa shape index (κ2) is 10.6. The highest BCUT2D eigenvalue weighted by molar-refractivity contribution is 7.10. The maximum absolute atomic E-state index is 5.95. The lowest BCUT2D eigenvalue weighted by atomic mass is 10.1. The van der Waals surface area contributed by atoms with Gasteiger partial charge in [-0.2, -0.15) is 0 Å². The van der Waals surface area contributed by atoms with Crippen molar-refractivity contribution in [3.8, 4) is 0 Å². The summed E-state index contributed by atoms with van der Waals surface area (Å²) in [5.41, 5.74) is 1.23. The molecular weight excluding hydrogens is 368 g/mol. The first-order chi connectivity index (χ1) is 13.7. The summed E-state index contributed by atoms with van der Waals surface area (Å²) in [7, 11) is 6.13. The fraction of sp³-hybridized carbons (Fsp3) is 0.500. The molecule has 1 aliphatic heterocycles. The van der Waals surface area contributed by atoms with Crippen LogP contribution in [0, 0.1) is 5.92 Å². The summed E-state index contributed by atoms with van der Waals surface area (Å²) in [5, 5.41) is 5.72. The van der Waals surface area contributed by atoms with Crippen molar-refractivity contribution in [1.29, 1.82) is 0 Å². The Morgan fingerprint density at radius 2 is 2.11 bits per heavy atom. The number of nitrogens with zero attached hydrogens (tertiary/aromatic N) is 3. The van der Waals surface area contributed by atoms with E-state index in [1.807, 2.05) is 13.1 Å². The zero-order valence-corrected chi connectivity index (χ0v) is 18.0. The van der Waals surface area contributed by atoms with E-state index in [1.54, 1.807) is 11.3 Å². The number of nitrogens with one attached hydrogen (secondary N) is 1. The summed E-state index contributed by atoms with van der Waals surface area (Å²) in [4.78, 5) is 10.5. The molecule has 0 amide bonds. The van der Waals surface area contributed by atoms with Gasteiger partial charge in [-0.25, -0.2) is 0 Å². The van der Waals surface area contributed by atoms with E-state index in [9.17, 15) is 0 Å². The highest BCUT2D eigenvalue weighted by Gasteiger charge is 2.26. The summed E-state index contributed by atoms with van der Waals surface area (Å²) in [5.74, 6) is 1.55. The lowest BCUT2D eigenvalue weighted by molar-refractivity contribution is 0.0906. The van der Waals surface area contributed by atoms with Gasteiger partial charge in [0.2, 0.25) is 0 Å². The van der Waals surface area contributed by atoms with Crippen molar-refractivity contribution in [1.82, 2.24) is 15.1 Å². The monoisotopic (exact) mass is 400 g/mol. The lowest BCUT2D eigenvalue weighted by Crippen LogP contribution is -2.43. The first-order valence-electron chi connectivity index (χ1n) is 9.94. The van der Waals surface area contributed by atoms with Gasteiger partial charge >= 0.3 is 0 Å². The molecule has 0 radical (unpaired) electrons. The van der Waals surface area contributed by atoms with E-state index in [0.717, 1.165) is 38.6 Å². The van der Waals surface area contributed by atoms with Crippen LogP contribution in [0.2, 0.25) is 0 Å². The highest BCUT2D eigenvalue weighted by atomic mass is 32.1. The van der Waals surface area contributed by atoms with Gasteiger partial charge in [0.1, 0.15) is 0 Å². The number of benzene rings is 1. The van der Waals surface area contributed by atoms with Crippen molar-refractivity contribution in [2.45, 2.75) is 19.1 Å². The van der Waals surface area contributed by atoms with Crippen LogP contribution >= 0.6 is 11.3 Å². The van der Waals surface area contributed by atoms with E-state index in [4.69, 9.17) is 4.74 Å². The largest absolute Gasteiger partial charge is 0.376 e. The van der Waals surface area contributed by atoms with Gasteiger partial charge in [0.05, 0.1) is 19.3 Å². The molecule has 2 atom stereocenters. The minimum absolute atomic E-state index is 0.351. The molecule has 0 aliphatic carbocycles. The number of hydrogen-bond acceptors (Lipinski definition) is 4. The van der Waals surface area contributed by atoms with E-state index in [0.29, 0.717) is 18.6 Å². The molecule has 2 unspecified atom stereocenters. The first kappa shape index (κ1) is 20.8. The Bertz CT molecular complexity index is 717. The van der Waals surface area contributed by atoms with Crippen molar-refractivity contribution in [2.24, 2.45) is 10.9 Å². The molecule has 2 heterocycles. The van der Waals surface area contributed by atoms with E-state index in [2.05, 4.69) is 76.0 Å². The van der Waals surface area contributed by atoms with Crippen LogP contribution < -0.4 is 5.32 Å². The van der Waals surface area contributed by atoms with Gasteiger partial charge in [-0.15, -0.1) is 11.3 Å². The Morgan fingerprint density at radius 3 is 2.79 bits per heavy atom. The van der Waals surface area contributed by atoms with Crippen LogP contribution in [0.1, 0.15) is 22.9 Å². The zero-order valence-electron chi connectivity index (χ0n) is 17.2. The van der Waals surface area contributed by atoms with Crippen LogP contribution in [-0.2, 0) is 11.3 Å². The van der Waals surface area contributed by atoms with Gasteiger partial charge in [-0.05, 0) is 37.5 Å². The van der Waals surface area contributed by atoms with Crippen molar-refractivity contribution in [3.63, 3.8) is 0 Å². The minimum atomic E-state index is 0.351. The third-order valence-electron chi connectivity index (χ3n) is 5.21. The maximum Gasteiger partial charge on any atom is 0.193 e. The average molecular weight is 401 g/mol. The zero-order chi connectivity index (χ0) is 19.8. The number of rotatable bonds is 8. The fourth-order valence-corrected chi connectivity index (χ4v) is 4.54. The summed E-state index contributed by atoms with van der Waals surface area (Å²) < 4.78 is 5.95. The summed E-state index contributed by atoms with van der Waals surface area (Å²) in [6.07, 6.45) is 1.15. The molecule has 3 rings (SSSR count). The smallest absolute Gasteiger partial charge is 0.193 e. The molecular formula is C22H32N4OS. The Morgan fingerprint density at radius 1 is 1.29 bits per heavy atom. The van der Waals surface area contributed by atoms with Gasteiger partial charge in [0, 0.05) is 37.5 Å². The van der Waals surface area contributed by atoms with Gasteiger partial charge < -0.3 is 19.9 Å². The van der Waals surface area contributed by atoms with Gasteiger partial charge in [0.25, 0.3) is 0 Å². The van der Waals surface area contributed by atoms with Crippen LogP contribution in [0.5, 0.6) is 0 Å². The number of thiophene rings is 1. The molecule has 1 aliphatic rings. The number of aliphatic imine (C=N–C) groups is 1. The molecule has 6 heteroatoms. The summed E-state index contributed by atoms with van der Waals surface area (Å²) in [6, 6.07) is 15.1. The van der Waals surface area contributed by atoms with E-state index in [-0.39, 0.29) is 0 Å². The molecule has 1 N–H and O–H groups in total. The Hall–Kier alpha value is -1.89. The first-order valence-corrected chi connectivity index (χ1v) is 10.8. The molecule has 28 heavy (non-hydrogen) atoms. The predicted molar refractivity (Wildman–Crippen MR) is 118 cm³/mol. The van der Waals surface area contributed by atoms with Crippen molar-refractivity contribution in [3.05, 3.63) is 58.3 Å².